The molecule has 0 saturated heterocycles. The molecule has 172 valence electrons. The van der Waals surface area contributed by atoms with E-state index >= 15 is 0 Å². The van der Waals surface area contributed by atoms with Crippen LogP contribution in [0.25, 0.3) is 0 Å². The number of hydrogen-bond acceptors (Lipinski definition) is 3. The van der Waals surface area contributed by atoms with E-state index in [1.54, 1.807) is 0 Å². The van der Waals surface area contributed by atoms with Crippen molar-refractivity contribution >= 4 is 11.4 Å². The molecule has 0 aromatic heterocycles. The average molecular weight is 425 g/mol. The summed E-state index contributed by atoms with van der Waals surface area (Å²) in [6, 6.07) is 13.2. The fourth-order valence-electron chi connectivity index (χ4n) is 4.22. The zero-order valence-electron chi connectivity index (χ0n) is 21.3. The summed E-state index contributed by atoms with van der Waals surface area (Å²) < 4.78 is 6.37. The first kappa shape index (κ1) is 25.3. The molecule has 0 spiro atoms. The van der Waals surface area contributed by atoms with Gasteiger partial charge in [0.15, 0.2) is 0 Å². The standard InChI is InChI=1S/C28H44N2O/c1-17(2)23-13-11-14-24(18(3)4)27(23)29-21(9)31-22(10)30-28-25(19(5)6)15-12-16-26(28)20(7)8/h11-22,29-30H,1-10H3. The zero-order valence-corrected chi connectivity index (χ0v) is 21.3. The Bertz CT molecular complexity index is 717. The molecule has 0 saturated carbocycles. The van der Waals surface area contributed by atoms with Crippen LogP contribution in [-0.2, 0) is 4.74 Å². The molecule has 2 aromatic carbocycles. The van der Waals surface area contributed by atoms with Crippen molar-refractivity contribution in [3.05, 3.63) is 58.7 Å². The second kappa shape index (κ2) is 11.0. The molecular formula is C28H44N2O. The summed E-state index contributed by atoms with van der Waals surface area (Å²) in [6.45, 7) is 22.2. The van der Waals surface area contributed by atoms with Crippen LogP contribution < -0.4 is 10.6 Å². The maximum absolute atomic E-state index is 6.37. The van der Waals surface area contributed by atoms with E-state index in [-0.39, 0.29) is 12.5 Å². The Morgan fingerprint density at radius 3 is 0.968 bits per heavy atom. The van der Waals surface area contributed by atoms with Crippen LogP contribution in [0.3, 0.4) is 0 Å². The number of hydrogen-bond donors (Lipinski definition) is 2. The molecule has 2 N–H and O–H groups in total. The lowest BCUT2D eigenvalue weighted by atomic mass is 9.92. The molecule has 0 heterocycles. The van der Waals surface area contributed by atoms with Crippen molar-refractivity contribution in [2.75, 3.05) is 10.6 Å². The molecule has 0 fully saturated rings. The van der Waals surface area contributed by atoms with E-state index in [1.807, 2.05) is 0 Å². The minimum Gasteiger partial charge on any atom is -0.360 e. The van der Waals surface area contributed by atoms with E-state index in [0.29, 0.717) is 23.7 Å². The van der Waals surface area contributed by atoms with E-state index in [2.05, 4.69) is 116 Å². The fraction of sp³-hybridized carbons (Fsp3) is 0.571. The van der Waals surface area contributed by atoms with Gasteiger partial charge in [-0.15, -0.1) is 0 Å². The first-order chi connectivity index (χ1) is 14.5. The highest BCUT2D eigenvalue weighted by Crippen LogP contribution is 2.34. The van der Waals surface area contributed by atoms with E-state index in [4.69, 9.17) is 4.74 Å². The third kappa shape index (κ3) is 6.49. The molecule has 2 rings (SSSR count). The van der Waals surface area contributed by atoms with Crippen LogP contribution in [0.2, 0.25) is 0 Å². The second-order valence-electron chi connectivity index (χ2n) is 9.95. The van der Waals surface area contributed by atoms with Gasteiger partial charge in [-0.1, -0.05) is 91.8 Å². The van der Waals surface area contributed by atoms with Crippen LogP contribution in [0.15, 0.2) is 36.4 Å². The zero-order chi connectivity index (χ0) is 23.3. The van der Waals surface area contributed by atoms with Crippen LogP contribution >= 0.6 is 0 Å². The van der Waals surface area contributed by atoms with Gasteiger partial charge in [-0.2, -0.15) is 0 Å². The highest BCUT2D eigenvalue weighted by atomic mass is 16.5. The normalized spacial score (nSPS) is 13.9. The molecule has 0 aliphatic rings. The predicted molar refractivity (Wildman–Crippen MR) is 136 cm³/mol. The second-order valence-corrected chi connectivity index (χ2v) is 9.95. The molecule has 0 bridgehead atoms. The maximum Gasteiger partial charge on any atom is 0.127 e. The van der Waals surface area contributed by atoms with Gasteiger partial charge in [-0.25, -0.2) is 0 Å². The molecule has 2 unspecified atom stereocenters. The van der Waals surface area contributed by atoms with Crippen molar-refractivity contribution in [3.63, 3.8) is 0 Å². The molecule has 0 aliphatic heterocycles. The summed E-state index contributed by atoms with van der Waals surface area (Å²) in [5, 5.41) is 7.34. The first-order valence-electron chi connectivity index (χ1n) is 12.0. The first-order valence-corrected chi connectivity index (χ1v) is 12.0. The van der Waals surface area contributed by atoms with Crippen LogP contribution in [0, 0.1) is 0 Å². The van der Waals surface area contributed by atoms with Gasteiger partial charge < -0.3 is 15.4 Å². The van der Waals surface area contributed by atoms with E-state index in [0.717, 1.165) is 0 Å². The highest BCUT2D eigenvalue weighted by molar-refractivity contribution is 5.61. The maximum atomic E-state index is 6.37. The molecule has 31 heavy (non-hydrogen) atoms. The summed E-state index contributed by atoms with van der Waals surface area (Å²) in [5.74, 6) is 1.82. The van der Waals surface area contributed by atoms with Crippen molar-refractivity contribution in [1.82, 2.24) is 0 Å². The number of rotatable bonds is 10. The Labute approximate surface area is 191 Å². The Morgan fingerprint density at radius 2 is 0.742 bits per heavy atom. The number of nitrogens with one attached hydrogen (secondary N) is 2. The molecular weight excluding hydrogens is 380 g/mol. The minimum atomic E-state index is -0.117. The van der Waals surface area contributed by atoms with E-state index < -0.39 is 0 Å². The van der Waals surface area contributed by atoms with Gasteiger partial charge in [0.2, 0.25) is 0 Å². The Hall–Kier alpha value is -2.00. The van der Waals surface area contributed by atoms with Crippen molar-refractivity contribution < 1.29 is 4.74 Å². The van der Waals surface area contributed by atoms with Gasteiger partial charge in [-0.05, 0) is 59.8 Å². The van der Waals surface area contributed by atoms with Gasteiger partial charge in [0.05, 0.1) is 0 Å². The number of benzene rings is 2. The van der Waals surface area contributed by atoms with E-state index in [9.17, 15) is 0 Å². The lowest BCUT2D eigenvalue weighted by Gasteiger charge is -2.29. The lowest BCUT2D eigenvalue weighted by molar-refractivity contribution is 0.0402. The summed E-state index contributed by atoms with van der Waals surface area (Å²) in [4.78, 5) is 0. The summed E-state index contributed by atoms with van der Waals surface area (Å²) >= 11 is 0. The van der Waals surface area contributed by atoms with Crippen molar-refractivity contribution in [3.8, 4) is 0 Å². The number of para-hydroxylation sites is 2. The lowest BCUT2D eigenvalue weighted by Crippen LogP contribution is -2.30. The number of anilines is 2. The van der Waals surface area contributed by atoms with E-state index in [1.165, 1.54) is 33.6 Å². The quantitative estimate of drug-likeness (QED) is 0.375. The van der Waals surface area contributed by atoms with Crippen molar-refractivity contribution in [2.24, 2.45) is 0 Å². The Balaban J connectivity index is 2.21. The highest BCUT2D eigenvalue weighted by Gasteiger charge is 2.19. The largest absolute Gasteiger partial charge is 0.360 e. The van der Waals surface area contributed by atoms with Crippen molar-refractivity contribution in [2.45, 2.75) is 105 Å². The summed E-state index contributed by atoms with van der Waals surface area (Å²) in [6.07, 6.45) is -0.234. The third-order valence-electron chi connectivity index (χ3n) is 5.85. The van der Waals surface area contributed by atoms with Crippen molar-refractivity contribution in [1.29, 1.82) is 0 Å². The molecule has 0 amide bonds. The minimum absolute atomic E-state index is 0.117. The molecule has 0 aliphatic carbocycles. The molecule has 3 heteroatoms. The van der Waals surface area contributed by atoms with Crippen LogP contribution in [0.5, 0.6) is 0 Å². The predicted octanol–water partition coefficient (Wildman–Crippen LogP) is 8.41. The van der Waals surface area contributed by atoms with Gasteiger partial charge in [0.1, 0.15) is 12.5 Å². The summed E-state index contributed by atoms with van der Waals surface area (Å²) in [7, 11) is 0. The Morgan fingerprint density at radius 1 is 0.484 bits per heavy atom. The third-order valence-corrected chi connectivity index (χ3v) is 5.85. The van der Waals surface area contributed by atoms with Crippen LogP contribution in [0.1, 0.15) is 115 Å². The molecule has 3 nitrogen and oxygen atoms in total. The van der Waals surface area contributed by atoms with Gasteiger partial charge >= 0.3 is 0 Å². The van der Waals surface area contributed by atoms with Crippen LogP contribution in [0.4, 0.5) is 11.4 Å². The average Bonchev–Trinajstić information content (AvgIpc) is 2.67. The molecule has 2 aromatic rings. The number of ether oxygens (including phenoxy) is 1. The van der Waals surface area contributed by atoms with Gasteiger partial charge in [0, 0.05) is 11.4 Å². The van der Waals surface area contributed by atoms with Gasteiger partial charge in [-0.3, -0.25) is 0 Å². The smallest absolute Gasteiger partial charge is 0.127 e. The topological polar surface area (TPSA) is 33.3 Å². The molecule has 2 atom stereocenters. The monoisotopic (exact) mass is 424 g/mol. The SMILES string of the molecule is CC(Nc1c(C(C)C)cccc1C(C)C)OC(C)Nc1c(C(C)C)cccc1C(C)C. The van der Waals surface area contributed by atoms with Crippen LogP contribution in [-0.4, -0.2) is 12.5 Å². The molecule has 0 radical (unpaired) electrons. The fourth-order valence-corrected chi connectivity index (χ4v) is 4.22. The summed E-state index contributed by atoms with van der Waals surface area (Å²) in [5.41, 5.74) is 7.81. The van der Waals surface area contributed by atoms with Gasteiger partial charge in [0.25, 0.3) is 0 Å². The Kier molecular flexibility index (Phi) is 9.00.